The van der Waals surface area contributed by atoms with E-state index in [0.717, 1.165) is 5.56 Å². The van der Waals surface area contributed by atoms with Crippen molar-refractivity contribution < 1.29 is 13.9 Å². The molecule has 1 rings (SSSR count). The van der Waals surface area contributed by atoms with Crippen molar-refractivity contribution in [3.8, 4) is 0 Å². The molecular formula is C15H21FO2. The second-order valence-corrected chi connectivity index (χ2v) is 4.92. The molecule has 2 nitrogen and oxygen atoms in total. The highest BCUT2D eigenvalue weighted by molar-refractivity contribution is 6.01. The van der Waals surface area contributed by atoms with E-state index in [1.54, 1.807) is 6.92 Å². The molecule has 0 saturated heterocycles. The Balaban J connectivity index is 3.16. The topological polar surface area (TPSA) is 26.3 Å². The van der Waals surface area contributed by atoms with Crippen LogP contribution in [0.2, 0.25) is 0 Å². The molecule has 0 aliphatic rings. The van der Waals surface area contributed by atoms with E-state index in [4.69, 9.17) is 4.74 Å². The van der Waals surface area contributed by atoms with Gasteiger partial charge in [0.2, 0.25) is 0 Å². The number of Topliss-reactive ketones (excluding diaryl/α,β-unsaturated/α-hetero) is 1. The molecule has 0 saturated carbocycles. The van der Waals surface area contributed by atoms with E-state index in [1.807, 2.05) is 33.8 Å². The largest absolute Gasteiger partial charge is 0.370 e. The van der Waals surface area contributed by atoms with Crippen molar-refractivity contribution >= 4 is 5.78 Å². The Hall–Kier alpha value is -1.22. The predicted octanol–water partition coefficient (Wildman–Crippen LogP) is 3.69. The number of rotatable bonds is 5. The van der Waals surface area contributed by atoms with E-state index < -0.39 is 11.9 Å². The van der Waals surface area contributed by atoms with Crippen LogP contribution in [0, 0.1) is 25.6 Å². The average molecular weight is 252 g/mol. The molecule has 18 heavy (non-hydrogen) atoms. The van der Waals surface area contributed by atoms with Crippen LogP contribution in [0.4, 0.5) is 4.39 Å². The Morgan fingerprint density at radius 2 is 1.94 bits per heavy atom. The van der Waals surface area contributed by atoms with Crippen molar-refractivity contribution in [3.05, 3.63) is 34.6 Å². The molecule has 3 heteroatoms. The van der Waals surface area contributed by atoms with Crippen LogP contribution in [-0.2, 0) is 4.74 Å². The molecule has 0 aliphatic carbocycles. The van der Waals surface area contributed by atoms with Crippen molar-refractivity contribution in [2.75, 3.05) is 6.61 Å². The zero-order valence-corrected chi connectivity index (χ0v) is 11.7. The lowest BCUT2D eigenvalue weighted by Crippen LogP contribution is -2.31. The molecule has 0 N–H and O–H groups in total. The summed E-state index contributed by atoms with van der Waals surface area (Å²) < 4.78 is 19.4. The molecule has 0 bridgehead atoms. The van der Waals surface area contributed by atoms with Gasteiger partial charge in [0.25, 0.3) is 0 Å². The fraction of sp³-hybridized carbons (Fsp3) is 0.533. The summed E-state index contributed by atoms with van der Waals surface area (Å²) in [5.74, 6) is -0.692. The van der Waals surface area contributed by atoms with Gasteiger partial charge in [-0.2, -0.15) is 0 Å². The minimum Gasteiger partial charge on any atom is -0.370 e. The lowest BCUT2D eigenvalue weighted by molar-refractivity contribution is 0.0276. The summed E-state index contributed by atoms with van der Waals surface area (Å²) in [6.45, 7) is 9.65. The monoisotopic (exact) mass is 252 g/mol. The van der Waals surface area contributed by atoms with Gasteiger partial charge in [-0.3, -0.25) is 4.79 Å². The molecule has 0 heterocycles. The van der Waals surface area contributed by atoms with Crippen LogP contribution in [-0.4, -0.2) is 18.5 Å². The smallest absolute Gasteiger partial charge is 0.195 e. The number of hydrogen-bond acceptors (Lipinski definition) is 2. The second-order valence-electron chi connectivity index (χ2n) is 4.92. The first-order valence-corrected chi connectivity index (χ1v) is 6.31. The number of ether oxygens (including phenoxy) is 1. The van der Waals surface area contributed by atoms with Crippen LogP contribution in [0.3, 0.4) is 0 Å². The van der Waals surface area contributed by atoms with Gasteiger partial charge >= 0.3 is 0 Å². The number of ketones is 1. The number of halogens is 1. The maximum atomic E-state index is 13.9. The minimum absolute atomic E-state index is 0.0255. The third kappa shape index (κ3) is 3.16. The number of carbonyl (C=O) groups excluding carboxylic acids is 1. The quantitative estimate of drug-likeness (QED) is 0.747. The van der Waals surface area contributed by atoms with Crippen LogP contribution in [0.25, 0.3) is 0 Å². The fourth-order valence-corrected chi connectivity index (χ4v) is 2.12. The molecule has 0 spiro atoms. The Kier molecular flexibility index (Phi) is 5.03. The number of aryl methyl sites for hydroxylation is 2. The Bertz CT molecular complexity index is 415. The molecule has 0 aliphatic heterocycles. The maximum Gasteiger partial charge on any atom is 0.195 e. The lowest BCUT2D eigenvalue weighted by Gasteiger charge is -2.21. The van der Waals surface area contributed by atoms with Crippen molar-refractivity contribution in [2.24, 2.45) is 5.92 Å². The molecule has 1 atom stereocenters. The zero-order valence-electron chi connectivity index (χ0n) is 11.7. The number of hydrogen-bond donors (Lipinski definition) is 0. The Labute approximate surface area is 108 Å². The Morgan fingerprint density at radius 3 is 2.39 bits per heavy atom. The molecule has 0 radical (unpaired) electrons. The van der Waals surface area contributed by atoms with Crippen molar-refractivity contribution in [1.82, 2.24) is 0 Å². The van der Waals surface area contributed by atoms with E-state index in [0.29, 0.717) is 12.2 Å². The highest BCUT2D eigenvalue weighted by Crippen LogP contribution is 2.21. The molecule has 1 aromatic rings. The van der Waals surface area contributed by atoms with Gasteiger partial charge in [-0.15, -0.1) is 0 Å². The van der Waals surface area contributed by atoms with E-state index in [1.165, 1.54) is 6.07 Å². The van der Waals surface area contributed by atoms with Crippen LogP contribution in [0.5, 0.6) is 0 Å². The van der Waals surface area contributed by atoms with Gasteiger partial charge in [0.1, 0.15) is 11.9 Å². The molecule has 0 fully saturated rings. The first-order valence-electron chi connectivity index (χ1n) is 6.31. The Morgan fingerprint density at radius 1 is 1.33 bits per heavy atom. The summed E-state index contributed by atoms with van der Waals surface area (Å²) in [6, 6.07) is 3.21. The SMILES string of the molecule is CCOC(C(=O)c1c(C)cc(C)cc1F)C(C)C. The highest BCUT2D eigenvalue weighted by Gasteiger charge is 2.27. The van der Waals surface area contributed by atoms with E-state index in [9.17, 15) is 9.18 Å². The van der Waals surface area contributed by atoms with Gasteiger partial charge in [-0.05, 0) is 43.9 Å². The summed E-state index contributed by atoms with van der Waals surface area (Å²) in [4.78, 5) is 12.4. The normalized spacial score (nSPS) is 12.8. The zero-order chi connectivity index (χ0) is 13.9. The molecule has 100 valence electrons. The summed E-state index contributed by atoms with van der Waals surface area (Å²) in [7, 11) is 0. The fourth-order valence-electron chi connectivity index (χ4n) is 2.12. The van der Waals surface area contributed by atoms with E-state index >= 15 is 0 Å². The third-order valence-electron chi connectivity index (χ3n) is 2.89. The first kappa shape index (κ1) is 14.8. The summed E-state index contributed by atoms with van der Waals surface area (Å²) >= 11 is 0. The van der Waals surface area contributed by atoms with E-state index in [-0.39, 0.29) is 17.3 Å². The minimum atomic E-state index is -0.578. The highest BCUT2D eigenvalue weighted by atomic mass is 19.1. The van der Waals surface area contributed by atoms with Gasteiger partial charge in [-0.1, -0.05) is 19.9 Å². The average Bonchev–Trinajstić information content (AvgIpc) is 2.23. The van der Waals surface area contributed by atoms with Gasteiger partial charge in [0.05, 0.1) is 5.56 Å². The van der Waals surface area contributed by atoms with Crippen molar-refractivity contribution in [3.63, 3.8) is 0 Å². The lowest BCUT2D eigenvalue weighted by atomic mass is 9.93. The third-order valence-corrected chi connectivity index (χ3v) is 2.89. The number of carbonyl (C=O) groups is 1. The number of benzene rings is 1. The van der Waals surface area contributed by atoms with Crippen LogP contribution < -0.4 is 0 Å². The van der Waals surface area contributed by atoms with Gasteiger partial charge < -0.3 is 4.74 Å². The van der Waals surface area contributed by atoms with E-state index in [2.05, 4.69) is 0 Å². The molecular weight excluding hydrogens is 231 g/mol. The van der Waals surface area contributed by atoms with Crippen LogP contribution >= 0.6 is 0 Å². The van der Waals surface area contributed by atoms with Crippen LogP contribution in [0.15, 0.2) is 12.1 Å². The molecule has 0 amide bonds. The standard InChI is InChI=1S/C15H21FO2/c1-6-18-15(9(2)3)14(17)13-11(5)7-10(4)8-12(13)16/h7-9,15H,6H2,1-5H3. The summed E-state index contributed by atoms with van der Waals surface area (Å²) in [5.41, 5.74) is 1.65. The van der Waals surface area contributed by atoms with Gasteiger partial charge in [0.15, 0.2) is 5.78 Å². The maximum absolute atomic E-state index is 13.9. The molecule has 1 unspecified atom stereocenters. The molecule has 0 aromatic heterocycles. The second kappa shape index (κ2) is 6.10. The van der Waals surface area contributed by atoms with Crippen molar-refractivity contribution in [1.29, 1.82) is 0 Å². The summed E-state index contributed by atoms with van der Waals surface area (Å²) in [6.07, 6.45) is -0.578. The summed E-state index contributed by atoms with van der Waals surface area (Å²) in [5, 5.41) is 0. The predicted molar refractivity (Wildman–Crippen MR) is 70.5 cm³/mol. The van der Waals surface area contributed by atoms with Crippen molar-refractivity contribution in [2.45, 2.75) is 40.7 Å². The first-order chi connectivity index (χ1) is 8.38. The van der Waals surface area contributed by atoms with Crippen LogP contribution in [0.1, 0.15) is 42.3 Å². The van der Waals surface area contributed by atoms with Gasteiger partial charge in [0, 0.05) is 6.61 Å². The molecule has 1 aromatic carbocycles. The van der Waals surface area contributed by atoms with Gasteiger partial charge in [-0.25, -0.2) is 4.39 Å².